The molecule has 0 spiro atoms. The van der Waals surface area contributed by atoms with Crippen LogP contribution in [0.15, 0.2) is 0 Å². The number of likely N-dealkylation sites (tertiary alicyclic amines) is 1. The number of hydrogen-bond donors (Lipinski definition) is 0. The van der Waals surface area contributed by atoms with Crippen LogP contribution >= 0.6 is 0 Å². The molecule has 1 aliphatic heterocycles. The molecule has 1 saturated heterocycles. The van der Waals surface area contributed by atoms with Crippen molar-refractivity contribution < 1.29 is 9.59 Å². The van der Waals surface area contributed by atoms with Crippen molar-refractivity contribution in [1.82, 2.24) is 4.90 Å². The topological polar surface area (TPSA) is 37.4 Å². The lowest BCUT2D eigenvalue weighted by Gasteiger charge is -2.38. The maximum atomic E-state index is 12.2. The Bertz CT molecular complexity index is 305. The summed E-state index contributed by atoms with van der Waals surface area (Å²) in [6, 6.07) is 0. The molecule has 1 atom stereocenters. The third-order valence-electron chi connectivity index (χ3n) is 3.98. The van der Waals surface area contributed by atoms with Crippen molar-refractivity contribution >= 4 is 11.8 Å². The Kier molecular flexibility index (Phi) is 3.46. The molecule has 0 aromatic heterocycles. The van der Waals surface area contributed by atoms with Crippen molar-refractivity contribution in [2.24, 2.45) is 17.8 Å². The number of carbonyl (C=O) groups is 2. The van der Waals surface area contributed by atoms with Crippen LogP contribution in [0.1, 0.15) is 48.0 Å². The summed E-state index contributed by atoms with van der Waals surface area (Å²) < 4.78 is 0. The molecule has 0 N–H and O–H groups in total. The molecule has 0 aromatic rings. The average Bonchev–Trinajstić information content (AvgIpc) is 2.41. The highest BCUT2D eigenvalue weighted by Gasteiger charge is 2.47. The zero-order valence-electron chi connectivity index (χ0n) is 11.2. The van der Waals surface area contributed by atoms with Gasteiger partial charge in [-0.2, -0.15) is 0 Å². The Morgan fingerprint density at radius 1 is 1.19 bits per heavy atom. The highest BCUT2D eigenvalue weighted by atomic mass is 16.2. The number of rotatable bonds is 3. The van der Waals surface area contributed by atoms with Crippen molar-refractivity contribution in [1.29, 1.82) is 0 Å². The first-order valence-corrected chi connectivity index (χ1v) is 6.06. The molecule has 3 nitrogen and oxygen atoms in total. The molecule has 3 heteroatoms. The largest absolute Gasteiger partial charge is 0.276 e. The Morgan fingerprint density at radius 3 is 2.00 bits per heavy atom. The molecule has 0 saturated carbocycles. The monoisotopic (exact) mass is 225 g/mol. The van der Waals surface area contributed by atoms with Gasteiger partial charge in [-0.25, -0.2) is 0 Å². The Morgan fingerprint density at radius 2 is 1.69 bits per heavy atom. The first-order valence-electron chi connectivity index (χ1n) is 6.06. The average molecular weight is 225 g/mol. The molecular weight excluding hydrogens is 202 g/mol. The first kappa shape index (κ1) is 13.2. The molecule has 1 heterocycles. The number of imide groups is 1. The highest BCUT2D eigenvalue weighted by Crippen LogP contribution is 2.34. The molecule has 0 radical (unpaired) electrons. The standard InChI is InChI=1S/C13H23NO2/c1-8(2)10-7-11(15)14(12(10)16)13(5,6)9(3)4/h8-10H,7H2,1-6H3. The molecule has 16 heavy (non-hydrogen) atoms. The minimum atomic E-state index is -0.377. The van der Waals surface area contributed by atoms with E-state index in [1.54, 1.807) is 0 Å². The summed E-state index contributed by atoms with van der Waals surface area (Å²) in [7, 11) is 0. The highest BCUT2D eigenvalue weighted by molar-refractivity contribution is 6.04. The predicted molar refractivity (Wildman–Crippen MR) is 63.7 cm³/mol. The van der Waals surface area contributed by atoms with Crippen molar-refractivity contribution in [2.75, 3.05) is 0 Å². The molecule has 1 rings (SSSR count). The van der Waals surface area contributed by atoms with Crippen LogP contribution in [0, 0.1) is 17.8 Å². The van der Waals surface area contributed by atoms with Gasteiger partial charge in [-0.15, -0.1) is 0 Å². The van der Waals surface area contributed by atoms with E-state index in [4.69, 9.17) is 0 Å². The number of nitrogens with zero attached hydrogens (tertiary/aromatic N) is 1. The fourth-order valence-electron chi connectivity index (χ4n) is 2.04. The van der Waals surface area contributed by atoms with E-state index in [0.29, 0.717) is 6.42 Å². The second-order valence-corrected chi connectivity index (χ2v) is 5.93. The third kappa shape index (κ3) is 2.00. The molecule has 1 unspecified atom stereocenters. The van der Waals surface area contributed by atoms with E-state index in [-0.39, 0.29) is 35.1 Å². The summed E-state index contributed by atoms with van der Waals surface area (Å²) in [4.78, 5) is 25.7. The fourth-order valence-corrected chi connectivity index (χ4v) is 2.04. The van der Waals surface area contributed by atoms with Crippen LogP contribution < -0.4 is 0 Å². The minimum absolute atomic E-state index is 0.0117. The molecule has 0 aliphatic carbocycles. The lowest BCUT2D eigenvalue weighted by atomic mass is 9.88. The minimum Gasteiger partial charge on any atom is -0.276 e. The van der Waals surface area contributed by atoms with E-state index in [2.05, 4.69) is 0 Å². The summed E-state index contributed by atoms with van der Waals surface area (Å²) in [6.07, 6.45) is 0.382. The Labute approximate surface area is 98.2 Å². The Balaban J connectivity index is 3.00. The van der Waals surface area contributed by atoms with Gasteiger partial charge in [0.05, 0.1) is 0 Å². The maximum absolute atomic E-state index is 12.2. The number of carbonyl (C=O) groups excluding carboxylic acids is 2. The van der Waals surface area contributed by atoms with Gasteiger partial charge in [-0.05, 0) is 25.7 Å². The molecular formula is C13H23NO2. The van der Waals surface area contributed by atoms with Gasteiger partial charge in [-0.1, -0.05) is 27.7 Å². The second kappa shape index (κ2) is 4.19. The zero-order valence-corrected chi connectivity index (χ0v) is 11.2. The number of hydrogen-bond acceptors (Lipinski definition) is 2. The van der Waals surface area contributed by atoms with Gasteiger partial charge in [0.25, 0.3) is 0 Å². The zero-order chi connectivity index (χ0) is 12.7. The van der Waals surface area contributed by atoms with E-state index in [1.165, 1.54) is 4.90 Å². The van der Waals surface area contributed by atoms with Crippen LogP contribution in [0.5, 0.6) is 0 Å². The normalized spacial score (nSPS) is 22.8. The van der Waals surface area contributed by atoms with E-state index < -0.39 is 0 Å². The van der Waals surface area contributed by atoms with E-state index in [1.807, 2.05) is 41.5 Å². The lowest BCUT2D eigenvalue weighted by Crippen LogP contribution is -2.51. The van der Waals surface area contributed by atoms with Crippen molar-refractivity contribution in [2.45, 2.75) is 53.5 Å². The first-order chi connectivity index (χ1) is 7.19. The van der Waals surface area contributed by atoms with Gasteiger partial charge in [0.1, 0.15) is 0 Å². The van der Waals surface area contributed by atoms with Crippen LogP contribution in [0.3, 0.4) is 0 Å². The molecule has 0 bridgehead atoms. The molecule has 1 fully saturated rings. The smallest absolute Gasteiger partial charge is 0.233 e. The summed E-state index contributed by atoms with van der Waals surface area (Å²) in [5.74, 6) is 0.391. The van der Waals surface area contributed by atoms with Crippen LogP contribution in [-0.4, -0.2) is 22.3 Å². The van der Waals surface area contributed by atoms with Crippen molar-refractivity contribution in [3.05, 3.63) is 0 Å². The second-order valence-electron chi connectivity index (χ2n) is 5.93. The van der Waals surface area contributed by atoms with Gasteiger partial charge in [-0.3, -0.25) is 14.5 Å². The summed E-state index contributed by atoms with van der Waals surface area (Å²) in [5.41, 5.74) is -0.377. The van der Waals surface area contributed by atoms with Crippen LogP contribution in [0.4, 0.5) is 0 Å². The lowest BCUT2D eigenvalue weighted by molar-refractivity contribution is -0.147. The quantitative estimate of drug-likeness (QED) is 0.692. The molecule has 1 aliphatic rings. The number of amides is 2. The summed E-state index contributed by atoms with van der Waals surface area (Å²) >= 11 is 0. The van der Waals surface area contributed by atoms with Crippen LogP contribution in [0.25, 0.3) is 0 Å². The van der Waals surface area contributed by atoms with Gasteiger partial charge >= 0.3 is 0 Å². The molecule has 2 amide bonds. The molecule has 0 aromatic carbocycles. The van der Waals surface area contributed by atoms with Gasteiger partial charge < -0.3 is 0 Å². The van der Waals surface area contributed by atoms with Crippen molar-refractivity contribution in [3.63, 3.8) is 0 Å². The fraction of sp³-hybridized carbons (Fsp3) is 0.846. The third-order valence-corrected chi connectivity index (χ3v) is 3.98. The maximum Gasteiger partial charge on any atom is 0.233 e. The molecule has 92 valence electrons. The van der Waals surface area contributed by atoms with E-state index in [9.17, 15) is 9.59 Å². The summed E-state index contributed by atoms with van der Waals surface area (Å²) in [5, 5.41) is 0. The summed E-state index contributed by atoms with van der Waals surface area (Å²) in [6.45, 7) is 12.0. The van der Waals surface area contributed by atoms with Crippen molar-refractivity contribution in [3.8, 4) is 0 Å². The van der Waals surface area contributed by atoms with Crippen LogP contribution in [-0.2, 0) is 9.59 Å². The van der Waals surface area contributed by atoms with Gasteiger partial charge in [0.2, 0.25) is 11.8 Å². The van der Waals surface area contributed by atoms with Crippen LogP contribution in [0.2, 0.25) is 0 Å². The van der Waals surface area contributed by atoms with Gasteiger partial charge in [0.15, 0.2) is 0 Å². The predicted octanol–water partition coefficient (Wildman–Crippen LogP) is 2.45. The van der Waals surface area contributed by atoms with E-state index >= 15 is 0 Å². The Hall–Kier alpha value is -0.860. The SMILES string of the molecule is CC(C)C1CC(=O)N(C(C)(C)C(C)C)C1=O. The van der Waals surface area contributed by atoms with E-state index in [0.717, 1.165) is 0 Å². The van der Waals surface area contributed by atoms with Gasteiger partial charge in [0, 0.05) is 17.9 Å².